The Morgan fingerprint density at radius 3 is 2.46 bits per heavy atom. The number of hydrogen-bond acceptors (Lipinski definition) is 8. The van der Waals surface area contributed by atoms with E-state index in [1.54, 1.807) is 0 Å². The van der Waals surface area contributed by atoms with Crippen LogP contribution in [0.5, 0.6) is 11.8 Å². The van der Waals surface area contributed by atoms with Gasteiger partial charge in [0.05, 0.1) is 17.9 Å². The smallest absolute Gasteiger partial charge is 0.319 e. The fourth-order valence-electron chi connectivity index (χ4n) is 7.95. The van der Waals surface area contributed by atoms with Gasteiger partial charge in [-0.3, -0.25) is 4.79 Å². The number of pyridine rings is 1. The summed E-state index contributed by atoms with van der Waals surface area (Å²) in [5.74, 6) is 1.24. The second-order valence-corrected chi connectivity index (χ2v) is 14.8. The minimum absolute atomic E-state index is 0.0231. The molecule has 2 aromatic carbocycles. The van der Waals surface area contributed by atoms with E-state index in [-0.39, 0.29) is 61.7 Å². The summed E-state index contributed by atoms with van der Waals surface area (Å²) in [6, 6.07) is 5.27. The molecule has 2 saturated heterocycles. The number of ether oxygens (including phenoxy) is 1. The quantitative estimate of drug-likeness (QED) is 0.250. The molecule has 2 aliphatic heterocycles. The molecule has 250 valence electrons. The Hall–Kier alpha value is -4.27. The van der Waals surface area contributed by atoms with E-state index in [0.29, 0.717) is 43.7 Å². The third kappa shape index (κ3) is 5.08. The van der Waals surface area contributed by atoms with Crippen LogP contribution in [-0.4, -0.2) is 78.0 Å². The van der Waals surface area contributed by atoms with Crippen molar-refractivity contribution in [2.75, 3.05) is 58.3 Å². The summed E-state index contributed by atoms with van der Waals surface area (Å²) >= 11 is 0. The lowest BCUT2D eigenvalue weighted by Gasteiger charge is -2.48. The first-order valence-electron chi connectivity index (χ1n) is 16.9. The van der Waals surface area contributed by atoms with Crippen LogP contribution in [0.2, 0.25) is 0 Å². The van der Waals surface area contributed by atoms with Gasteiger partial charge in [0.1, 0.15) is 28.3 Å². The SMILES string of the molecule is C#Cc1c(F)ccc2cc(O)cc(-c3c(F)c4nc(OCC5(CN(C)C)CC5)nc(N5CCC6(CC5)CNC6)c4c(=O)n3C3CCC3)c12. The Balaban J connectivity index is 1.36. The van der Waals surface area contributed by atoms with Crippen LogP contribution >= 0.6 is 0 Å². The number of hydrogen-bond donors (Lipinski definition) is 2. The second kappa shape index (κ2) is 11.4. The number of aromatic nitrogens is 3. The van der Waals surface area contributed by atoms with Gasteiger partial charge in [-0.25, -0.2) is 8.78 Å². The average Bonchev–Trinajstić information content (AvgIpc) is 3.79. The van der Waals surface area contributed by atoms with Crippen LogP contribution in [0.3, 0.4) is 0 Å². The van der Waals surface area contributed by atoms with Crippen molar-refractivity contribution in [1.29, 1.82) is 0 Å². The van der Waals surface area contributed by atoms with Crippen molar-refractivity contribution < 1.29 is 18.6 Å². The predicted octanol–water partition coefficient (Wildman–Crippen LogP) is 5.21. The summed E-state index contributed by atoms with van der Waals surface area (Å²) in [6.07, 6.45) is 11.9. The molecule has 4 heterocycles. The zero-order valence-corrected chi connectivity index (χ0v) is 27.4. The molecule has 0 unspecified atom stereocenters. The first-order chi connectivity index (χ1) is 23.1. The van der Waals surface area contributed by atoms with E-state index in [4.69, 9.17) is 16.1 Å². The number of phenolic OH excluding ortho intramolecular Hbond substituents is 1. The number of benzene rings is 2. The van der Waals surface area contributed by atoms with Gasteiger partial charge in [-0.15, -0.1) is 6.42 Å². The molecule has 4 aromatic rings. The van der Waals surface area contributed by atoms with Crippen molar-refractivity contribution in [3.8, 4) is 35.4 Å². The largest absolute Gasteiger partial charge is 0.508 e. The van der Waals surface area contributed by atoms with Crippen molar-refractivity contribution in [2.45, 2.75) is 51.0 Å². The molecule has 48 heavy (non-hydrogen) atoms. The Bertz CT molecular complexity index is 2050. The Labute approximate surface area is 277 Å². The van der Waals surface area contributed by atoms with Gasteiger partial charge >= 0.3 is 6.01 Å². The van der Waals surface area contributed by atoms with Crippen LogP contribution in [0.4, 0.5) is 14.6 Å². The minimum Gasteiger partial charge on any atom is -0.508 e. The van der Waals surface area contributed by atoms with Gasteiger partial charge in [-0.2, -0.15) is 9.97 Å². The van der Waals surface area contributed by atoms with Crippen LogP contribution < -0.4 is 20.5 Å². The van der Waals surface area contributed by atoms with Crippen LogP contribution in [0.15, 0.2) is 29.1 Å². The zero-order valence-electron chi connectivity index (χ0n) is 27.4. The molecular formula is C37H40F2N6O3. The van der Waals surface area contributed by atoms with Gasteiger partial charge in [-0.1, -0.05) is 12.0 Å². The van der Waals surface area contributed by atoms with Gasteiger partial charge in [0, 0.05) is 55.1 Å². The third-order valence-electron chi connectivity index (χ3n) is 11.1. The molecule has 2 aromatic heterocycles. The Kier molecular flexibility index (Phi) is 7.38. The topological polar surface area (TPSA) is 95.8 Å². The summed E-state index contributed by atoms with van der Waals surface area (Å²) in [5.41, 5.74) is -0.337. The first-order valence-corrected chi connectivity index (χ1v) is 16.9. The molecule has 1 spiro atoms. The number of nitrogens with zero attached hydrogens (tertiary/aromatic N) is 5. The number of fused-ring (bicyclic) bond motifs is 2. The van der Waals surface area contributed by atoms with Crippen molar-refractivity contribution in [3.63, 3.8) is 0 Å². The molecular weight excluding hydrogens is 614 g/mol. The van der Waals surface area contributed by atoms with E-state index in [1.165, 1.54) is 28.8 Å². The van der Waals surface area contributed by atoms with E-state index < -0.39 is 17.2 Å². The van der Waals surface area contributed by atoms with Crippen molar-refractivity contribution in [1.82, 2.24) is 24.8 Å². The third-order valence-corrected chi connectivity index (χ3v) is 11.1. The highest BCUT2D eigenvalue weighted by atomic mass is 19.1. The predicted molar refractivity (Wildman–Crippen MR) is 182 cm³/mol. The Morgan fingerprint density at radius 1 is 1.10 bits per heavy atom. The molecule has 0 amide bonds. The van der Waals surface area contributed by atoms with Crippen LogP contribution in [0.1, 0.15) is 56.6 Å². The summed E-state index contributed by atoms with van der Waals surface area (Å²) in [4.78, 5) is 28.5. The maximum absolute atomic E-state index is 17.5. The second-order valence-electron chi connectivity index (χ2n) is 14.8. The lowest BCUT2D eigenvalue weighted by atomic mass is 9.73. The number of anilines is 1. The highest BCUT2D eigenvalue weighted by Gasteiger charge is 2.45. The normalized spacial score (nSPS) is 19.8. The summed E-state index contributed by atoms with van der Waals surface area (Å²) < 4.78 is 40.4. The fourth-order valence-corrected chi connectivity index (χ4v) is 7.95. The summed E-state index contributed by atoms with van der Waals surface area (Å²) in [5, 5.41) is 15.0. The lowest BCUT2D eigenvalue weighted by molar-refractivity contribution is 0.126. The summed E-state index contributed by atoms with van der Waals surface area (Å²) in [6.45, 7) is 4.51. The highest BCUT2D eigenvalue weighted by molar-refractivity contribution is 6.03. The van der Waals surface area contributed by atoms with Gasteiger partial charge in [0.25, 0.3) is 5.56 Å². The molecule has 11 heteroatoms. The van der Waals surface area contributed by atoms with E-state index in [2.05, 4.69) is 26.0 Å². The van der Waals surface area contributed by atoms with Crippen molar-refractivity contribution in [2.24, 2.45) is 10.8 Å². The van der Waals surface area contributed by atoms with E-state index >= 15 is 8.78 Å². The molecule has 4 fully saturated rings. The van der Waals surface area contributed by atoms with E-state index in [1.807, 2.05) is 14.1 Å². The van der Waals surface area contributed by atoms with Crippen molar-refractivity contribution in [3.05, 3.63) is 51.8 Å². The molecule has 0 bridgehead atoms. The van der Waals surface area contributed by atoms with Gasteiger partial charge in [-0.05, 0) is 88.0 Å². The molecule has 2 N–H and O–H groups in total. The molecule has 9 nitrogen and oxygen atoms in total. The average molecular weight is 655 g/mol. The molecule has 0 radical (unpaired) electrons. The number of aromatic hydroxyl groups is 1. The number of rotatable bonds is 8. The standard InChI is InChI=1S/C37H40F2N6O3/c1-4-25-27(38)9-8-22-16-24(46)17-26(28(22)25)32-30(39)31-29(34(47)45(32)23-6-5-7-23)33(44-14-12-36(13-15-44)18-40-19-36)42-35(41-31)48-21-37(10-11-37)20-43(2)3/h1,8-9,16-17,23,40,46H,5-7,10-15,18-21H2,2-3H3. The van der Waals surface area contributed by atoms with E-state index in [0.717, 1.165) is 51.7 Å². The summed E-state index contributed by atoms with van der Waals surface area (Å²) in [7, 11) is 4.05. The molecule has 4 aliphatic rings. The maximum atomic E-state index is 17.5. The van der Waals surface area contributed by atoms with Crippen LogP contribution in [0, 0.1) is 34.8 Å². The fraction of sp³-hybridized carbons (Fsp3) is 0.486. The number of piperidine rings is 1. The molecule has 0 atom stereocenters. The number of terminal acetylenes is 1. The minimum atomic E-state index is -0.754. The number of nitrogens with one attached hydrogen (secondary N) is 1. The van der Waals surface area contributed by atoms with Crippen LogP contribution in [-0.2, 0) is 0 Å². The zero-order chi connectivity index (χ0) is 33.4. The molecule has 2 aliphatic carbocycles. The highest BCUT2D eigenvalue weighted by Crippen LogP contribution is 2.47. The van der Waals surface area contributed by atoms with Crippen molar-refractivity contribution >= 4 is 27.5 Å². The van der Waals surface area contributed by atoms with Gasteiger partial charge in [0.2, 0.25) is 0 Å². The molecule has 8 rings (SSSR count). The number of phenols is 1. The number of halogens is 2. The molecule has 2 saturated carbocycles. The lowest BCUT2D eigenvalue weighted by Crippen LogP contribution is -2.58. The van der Waals surface area contributed by atoms with E-state index in [9.17, 15) is 9.90 Å². The van der Waals surface area contributed by atoms with Crippen LogP contribution in [0.25, 0.3) is 32.9 Å². The first kappa shape index (κ1) is 31.0. The van der Waals surface area contributed by atoms with Gasteiger partial charge in [0.15, 0.2) is 5.82 Å². The maximum Gasteiger partial charge on any atom is 0.319 e. The Morgan fingerprint density at radius 2 is 1.85 bits per heavy atom. The van der Waals surface area contributed by atoms with Gasteiger partial charge < -0.3 is 29.5 Å². The monoisotopic (exact) mass is 654 g/mol.